The van der Waals surface area contributed by atoms with Crippen LogP contribution in [0.15, 0.2) is 46.9 Å². The molecule has 98 valence electrons. The zero-order valence-corrected chi connectivity index (χ0v) is 12.1. The summed E-state index contributed by atoms with van der Waals surface area (Å²) in [6, 6.07) is 11.4. The van der Waals surface area contributed by atoms with Crippen molar-refractivity contribution in [1.82, 2.24) is 0 Å². The molecule has 1 N–H and O–H groups in total. The van der Waals surface area contributed by atoms with Gasteiger partial charge in [0, 0.05) is 16.0 Å². The van der Waals surface area contributed by atoms with Crippen molar-refractivity contribution in [2.24, 2.45) is 0 Å². The normalized spacial score (nSPS) is 10.3. The van der Waals surface area contributed by atoms with E-state index in [-0.39, 0.29) is 11.4 Å². The Bertz CT molecular complexity index is 618. The number of halogens is 3. The number of nitrogens with one attached hydrogen (secondary N) is 1. The average molecular weight is 343 g/mol. The molecule has 2 rings (SSSR count). The third-order valence-electron chi connectivity index (χ3n) is 2.59. The first-order valence-electron chi connectivity index (χ1n) is 5.52. The summed E-state index contributed by atoms with van der Waals surface area (Å²) in [5.74, 6) is -0.794. The quantitative estimate of drug-likeness (QED) is 0.813. The summed E-state index contributed by atoms with van der Waals surface area (Å²) >= 11 is 8.93. The van der Waals surface area contributed by atoms with E-state index in [1.165, 1.54) is 12.1 Å². The van der Waals surface area contributed by atoms with E-state index in [0.717, 1.165) is 5.56 Å². The first-order chi connectivity index (χ1) is 9.11. The highest BCUT2D eigenvalue weighted by Gasteiger charge is 2.13. The number of amides is 1. The smallest absolute Gasteiger partial charge is 0.258 e. The SMILES string of the molecule is O=C(Nc1ccccc1CCl)c1ccc(Br)cc1F. The van der Waals surface area contributed by atoms with Crippen LogP contribution in [0.25, 0.3) is 0 Å². The first kappa shape index (κ1) is 14.0. The summed E-state index contributed by atoms with van der Waals surface area (Å²) in [5.41, 5.74) is 1.37. The average Bonchev–Trinajstić information content (AvgIpc) is 2.39. The highest BCUT2D eigenvalue weighted by Crippen LogP contribution is 2.20. The molecule has 0 aromatic heterocycles. The third-order valence-corrected chi connectivity index (χ3v) is 3.37. The van der Waals surface area contributed by atoms with Crippen LogP contribution in [0.3, 0.4) is 0 Å². The Hall–Kier alpha value is -1.39. The van der Waals surface area contributed by atoms with Gasteiger partial charge in [0.05, 0.1) is 5.56 Å². The molecule has 0 spiro atoms. The van der Waals surface area contributed by atoms with Gasteiger partial charge in [-0.05, 0) is 29.8 Å². The fourth-order valence-electron chi connectivity index (χ4n) is 1.62. The molecule has 1 amide bonds. The molecule has 0 saturated heterocycles. The number of alkyl halides is 1. The number of para-hydroxylation sites is 1. The molecule has 0 aliphatic carbocycles. The second-order valence-corrected chi connectivity index (χ2v) is 5.05. The molecule has 0 aliphatic rings. The van der Waals surface area contributed by atoms with Gasteiger partial charge < -0.3 is 5.32 Å². The fourth-order valence-corrected chi connectivity index (χ4v) is 2.19. The zero-order chi connectivity index (χ0) is 13.8. The molecule has 0 radical (unpaired) electrons. The van der Waals surface area contributed by atoms with Gasteiger partial charge in [-0.15, -0.1) is 11.6 Å². The second-order valence-electron chi connectivity index (χ2n) is 3.87. The van der Waals surface area contributed by atoms with Crippen molar-refractivity contribution in [3.8, 4) is 0 Å². The van der Waals surface area contributed by atoms with Gasteiger partial charge in [0.15, 0.2) is 0 Å². The monoisotopic (exact) mass is 341 g/mol. The molecular weight excluding hydrogens is 333 g/mol. The lowest BCUT2D eigenvalue weighted by molar-refractivity contribution is 0.102. The molecule has 0 fully saturated rings. The van der Waals surface area contributed by atoms with Gasteiger partial charge >= 0.3 is 0 Å². The maximum Gasteiger partial charge on any atom is 0.258 e. The largest absolute Gasteiger partial charge is 0.322 e. The second kappa shape index (κ2) is 6.17. The standard InChI is InChI=1S/C14H10BrClFNO/c15-10-5-6-11(12(17)7-10)14(19)18-13-4-2-1-3-9(13)8-16/h1-7H,8H2,(H,18,19). The number of anilines is 1. The maximum atomic E-state index is 13.7. The van der Waals surface area contributed by atoms with Crippen molar-refractivity contribution in [3.05, 3.63) is 63.9 Å². The van der Waals surface area contributed by atoms with Crippen LogP contribution in [0.4, 0.5) is 10.1 Å². The third kappa shape index (κ3) is 3.33. The van der Waals surface area contributed by atoms with Crippen LogP contribution in [-0.4, -0.2) is 5.91 Å². The molecule has 0 bridgehead atoms. The summed E-state index contributed by atoms with van der Waals surface area (Å²) in [7, 11) is 0. The minimum Gasteiger partial charge on any atom is -0.322 e. The first-order valence-corrected chi connectivity index (χ1v) is 6.85. The Balaban J connectivity index is 2.26. The van der Waals surface area contributed by atoms with E-state index < -0.39 is 11.7 Å². The van der Waals surface area contributed by atoms with E-state index in [1.807, 2.05) is 6.07 Å². The molecule has 0 aliphatic heterocycles. The number of benzene rings is 2. The van der Waals surface area contributed by atoms with Gasteiger partial charge in [0.25, 0.3) is 5.91 Å². The molecule has 0 heterocycles. The summed E-state index contributed by atoms with van der Waals surface area (Å²) in [6.07, 6.45) is 0. The molecule has 2 nitrogen and oxygen atoms in total. The van der Waals surface area contributed by atoms with E-state index >= 15 is 0 Å². The highest BCUT2D eigenvalue weighted by atomic mass is 79.9. The Kier molecular flexibility index (Phi) is 4.56. The minimum atomic E-state index is -0.574. The summed E-state index contributed by atoms with van der Waals surface area (Å²) in [6.45, 7) is 0. The van der Waals surface area contributed by atoms with Crippen LogP contribution < -0.4 is 5.32 Å². The summed E-state index contributed by atoms with van der Waals surface area (Å²) in [4.78, 5) is 12.0. The lowest BCUT2D eigenvalue weighted by Gasteiger charge is -2.09. The van der Waals surface area contributed by atoms with Gasteiger partial charge in [0.1, 0.15) is 5.82 Å². The Morgan fingerprint density at radius 3 is 2.68 bits per heavy atom. The van der Waals surface area contributed by atoms with E-state index in [1.54, 1.807) is 24.3 Å². The molecule has 19 heavy (non-hydrogen) atoms. The molecule has 2 aromatic carbocycles. The van der Waals surface area contributed by atoms with E-state index in [4.69, 9.17) is 11.6 Å². The van der Waals surface area contributed by atoms with Gasteiger partial charge in [-0.2, -0.15) is 0 Å². The number of carbonyl (C=O) groups is 1. The van der Waals surface area contributed by atoms with Crippen LogP contribution in [0.2, 0.25) is 0 Å². The molecule has 0 unspecified atom stereocenters. The van der Waals surface area contributed by atoms with Crippen LogP contribution in [-0.2, 0) is 5.88 Å². The molecular formula is C14H10BrClFNO. The fraction of sp³-hybridized carbons (Fsp3) is 0.0714. The van der Waals surface area contributed by atoms with Gasteiger partial charge in [0.2, 0.25) is 0 Å². The number of rotatable bonds is 3. The van der Waals surface area contributed by atoms with Crippen LogP contribution in [0.1, 0.15) is 15.9 Å². The number of carbonyl (C=O) groups excluding carboxylic acids is 1. The molecule has 5 heteroatoms. The zero-order valence-electron chi connectivity index (χ0n) is 9.79. The molecule has 0 saturated carbocycles. The van der Waals surface area contributed by atoms with Crippen molar-refractivity contribution in [2.45, 2.75) is 5.88 Å². The van der Waals surface area contributed by atoms with Crippen molar-refractivity contribution in [1.29, 1.82) is 0 Å². The Labute approximate surface area is 123 Å². The topological polar surface area (TPSA) is 29.1 Å². The lowest BCUT2D eigenvalue weighted by atomic mass is 10.1. The van der Waals surface area contributed by atoms with E-state index in [2.05, 4.69) is 21.2 Å². The van der Waals surface area contributed by atoms with Gasteiger partial charge in [-0.1, -0.05) is 34.1 Å². The molecule has 2 aromatic rings. The van der Waals surface area contributed by atoms with Crippen molar-refractivity contribution in [2.75, 3.05) is 5.32 Å². The predicted molar refractivity (Wildman–Crippen MR) is 78.1 cm³/mol. The number of hydrogen-bond donors (Lipinski definition) is 1. The van der Waals surface area contributed by atoms with Crippen molar-refractivity contribution < 1.29 is 9.18 Å². The van der Waals surface area contributed by atoms with Gasteiger partial charge in [-0.25, -0.2) is 4.39 Å². The van der Waals surface area contributed by atoms with Crippen molar-refractivity contribution >= 4 is 39.1 Å². The highest BCUT2D eigenvalue weighted by molar-refractivity contribution is 9.10. The lowest BCUT2D eigenvalue weighted by Crippen LogP contribution is -2.14. The Morgan fingerprint density at radius 1 is 1.26 bits per heavy atom. The predicted octanol–water partition coefficient (Wildman–Crippen LogP) is 4.58. The van der Waals surface area contributed by atoms with Crippen LogP contribution in [0.5, 0.6) is 0 Å². The van der Waals surface area contributed by atoms with Crippen LogP contribution >= 0.6 is 27.5 Å². The van der Waals surface area contributed by atoms with E-state index in [9.17, 15) is 9.18 Å². The van der Waals surface area contributed by atoms with E-state index in [0.29, 0.717) is 10.2 Å². The Morgan fingerprint density at radius 2 is 2.00 bits per heavy atom. The number of hydrogen-bond acceptors (Lipinski definition) is 1. The summed E-state index contributed by atoms with van der Waals surface area (Å²) in [5, 5.41) is 2.66. The van der Waals surface area contributed by atoms with Crippen molar-refractivity contribution in [3.63, 3.8) is 0 Å². The maximum absolute atomic E-state index is 13.7. The minimum absolute atomic E-state index is 0.00687. The molecule has 0 atom stereocenters. The van der Waals surface area contributed by atoms with Crippen LogP contribution in [0, 0.1) is 5.82 Å². The summed E-state index contributed by atoms with van der Waals surface area (Å²) < 4.78 is 14.3. The van der Waals surface area contributed by atoms with Gasteiger partial charge in [-0.3, -0.25) is 4.79 Å².